The number of anilines is 1. The maximum atomic E-state index is 12.0. The molecule has 5 N–H and O–H groups in total. The number of nitrogens with zero attached hydrogens (tertiary/aromatic N) is 1. The predicted molar refractivity (Wildman–Crippen MR) is 69.9 cm³/mol. The van der Waals surface area contributed by atoms with Crippen molar-refractivity contribution in [2.45, 2.75) is 39.3 Å². The normalized spacial score (nSPS) is 12.1. The standard InChI is InChI=1S/C12H20N4O2/c1-3-4-16-7-9(13)6-10(16)12(18)15-8(2)5-11(14)17/h6-8H,3-5,13H2,1-2H3,(H2,14,17)(H,15,18). The van der Waals surface area contributed by atoms with Gasteiger partial charge in [0, 0.05) is 25.2 Å². The van der Waals surface area contributed by atoms with Gasteiger partial charge in [-0.3, -0.25) is 9.59 Å². The molecular formula is C12H20N4O2. The summed E-state index contributed by atoms with van der Waals surface area (Å²) in [5.41, 5.74) is 11.8. The van der Waals surface area contributed by atoms with E-state index >= 15 is 0 Å². The first-order valence-corrected chi connectivity index (χ1v) is 5.98. The number of nitrogen functional groups attached to an aromatic ring is 1. The van der Waals surface area contributed by atoms with Gasteiger partial charge >= 0.3 is 0 Å². The largest absolute Gasteiger partial charge is 0.397 e. The van der Waals surface area contributed by atoms with Crippen LogP contribution in [0.5, 0.6) is 0 Å². The van der Waals surface area contributed by atoms with Gasteiger partial charge in [0.1, 0.15) is 5.69 Å². The number of rotatable bonds is 6. The number of aryl methyl sites for hydroxylation is 1. The van der Waals surface area contributed by atoms with Crippen LogP contribution in [-0.2, 0) is 11.3 Å². The van der Waals surface area contributed by atoms with Crippen molar-refractivity contribution in [3.05, 3.63) is 18.0 Å². The average molecular weight is 252 g/mol. The number of aromatic nitrogens is 1. The number of carbonyl (C=O) groups is 2. The summed E-state index contributed by atoms with van der Waals surface area (Å²) in [4.78, 5) is 22.8. The average Bonchev–Trinajstić information content (AvgIpc) is 2.58. The molecule has 1 atom stereocenters. The van der Waals surface area contributed by atoms with E-state index in [0.29, 0.717) is 11.4 Å². The molecule has 0 aliphatic rings. The lowest BCUT2D eigenvalue weighted by atomic mass is 10.2. The Kier molecular flexibility index (Phi) is 4.76. The van der Waals surface area contributed by atoms with Gasteiger partial charge in [-0.2, -0.15) is 0 Å². The van der Waals surface area contributed by atoms with Gasteiger partial charge < -0.3 is 21.4 Å². The molecule has 100 valence electrons. The predicted octanol–water partition coefficient (Wildman–Crippen LogP) is 0.474. The minimum Gasteiger partial charge on any atom is -0.397 e. The number of hydrogen-bond donors (Lipinski definition) is 3. The summed E-state index contributed by atoms with van der Waals surface area (Å²) in [5.74, 6) is -0.680. The van der Waals surface area contributed by atoms with Crippen molar-refractivity contribution in [3.8, 4) is 0 Å². The van der Waals surface area contributed by atoms with E-state index in [-0.39, 0.29) is 18.4 Å². The summed E-state index contributed by atoms with van der Waals surface area (Å²) in [7, 11) is 0. The zero-order valence-corrected chi connectivity index (χ0v) is 10.8. The maximum absolute atomic E-state index is 12.0. The van der Waals surface area contributed by atoms with Gasteiger partial charge in [-0.05, 0) is 19.4 Å². The SMILES string of the molecule is CCCn1cc(N)cc1C(=O)NC(C)CC(N)=O. The number of nitrogens with one attached hydrogen (secondary N) is 1. The van der Waals surface area contributed by atoms with Crippen LogP contribution in [0.3, 0.4) is 0 Å². The first-order valence-electron chi connectivity index (χ1n) is 5.98. The van der Waals surface area contributed by atoms with Crippen LogP contribution in [0.4, 0.5) is 5.69 Å². The molecule has 0 aliphatic heterocycles. The summed E-state index contributed by atoms with van der Waals surface area (Å²) in [6, 6.07) is 1.34. The molecule has 0 spiro atoms. The molecule has 0 saturated carbocycles. The minimum absolute atomic E-state index is 0.121. The van der Waals surface area contributed by atoms with E-state index in [1.54, 1.807) is 19.2 Å². The molecule has 6 heteroatoms. The summed E-state index contributed by atoms with van der Waals surface area (Å²) < 4.78 is 1.81. The fourth-order valence-corrected chi connectivity index (χ4v) is 1.80. The molecule has 1 aromatic heterocycles. The molecule has 0 aromatic carbocycles. The fraction of sp³-hybridized carbons (Fsp3) is 0.500. The number of amides is 2. The van der Waals surface area contributed by atoms with E-state index in [9.17, 15) is 9.59 Å². The molecule has 0 saturated heterocycles. The van der Waals surface area contributed by atoms with Crippen molar-refractivity contribution in [3.63, 3.8) is 0 Å². The minimum atomic E-state index is -0.439. The Morgan fingerprint density at radius 2 is 2.17 bits per heavy atom. The molecule has 1 unspecified atom stereocenters. The number of hydrogen-bond acceptors (Lipinski definition) is 3. The quantitative estimate of drug-likeness (QED) is 0.685. The lowest BCUT2D eigenvalue weighted by Gasteiger charge is -2.13. The second-order valence-corrected chi connectivity index (χ2v) is 4.40. The highest BCUT2D eigenvalue weighted by molar-refractivity contribution is 5.94. The Morgan fingerprint density at radius 1 is 1.50 bits per heavy atom. The van der Waals surface area contributed by atoms with E-state index in [1.165, 1.54) is 0 Å². The first-order chi connectivity index (χ1) is 8.43. The Bertz CT molecular complexity index is 439. The zero-order valence-electron chi connectivity index (χ0n) is 10.8. The lowest BCUT2D eigenvalue weighted by molar-refractivity contribution is -0.118. The molecule has 2 amide bonds. The van der Waals surface area contributed by atoms with Crippen LogP contribution in [-0.4, -0.2) is 22.4 Å². The van der Waals surface area contributed by atoms with Gasteiger partial charge in [-0.15, -0.1) is 0 Å². The highest BCUT2D eigenvalue weighted by Gasteiger charge is 2.15. The molecule has 1 heterocycles. The maximum Gasteiger partial charge on any atom is 0.268 e. The summed E-state index contributed by atoms with van der Waals surface area (Å²) >= 11 is 0. The van der Waals surface area contributed by atoms with Crippen molar-refractivity contribution >= 4 is 17.5 Å². The third kappa shape index (κ3) is 3.80. The molecule has 0 bridgehead atoms. The molecule has 0 aliphatic carbocycles. The summed E-state index contributed by atoms with van der Waals surface area (Å²) in [6.45, 7) is 4.48. The molecule has 1 rings (SSSR count). The van der Waals surface area contributed by atoms with Gasteiger partial charge in [0.2, 0.25) is 5.91 Å². The van der Waals surface area contributed by atoms with Gasteiger partial charge in [0.05, 0.1) is 5.69 Å². The molecule has 18 heavy (non-hydrogen) atoms. The molecule has 1 aromatic rings. The van der Waals surface area contributed by atoms with Gasteiger partial charge in [0.15, 0.2) is 0 Å². The fourth-order valence-electron chi connectivity index (χ4n) is 1.80. The molecule has 0 radical (unpaired) electrons. The van der Waals surface area contributed by atoms with E-state index < -0.39 is 5.91 Å². The number of carbonyl (C=O) groups excluding carboxylic acids is 2. The van der Waals surface area contributed by atoms with E-state index in [2.05, 4.69) is 5.32 Å². The van der Waals surface area contributed by atoms with Crippen LogP contribution in [0.2, 0.25) is 0 Å². The van der Waals surface area contributed by atoms with Crippen molar-refractivity contribution in [1.82, 2.24) is 9.88 Å². The van der Waals surface area contributed by atoms with Crippen molar-refractivity contribution in [2.24, 2.45) is 5.73 Å². The van der Waals surface area contributed by atoms with Crippen LogP contribution in [0.25, 0.3) is 0 Å². The Balaban J connectivity index is 2.74. The lowest BCUT2D eigenvalue weighted by Crippen LogP contribution is -2.36. The van der Waals surface area contributed by atoms with Crippen molar-refractivity contribution in [1.29, 1.82) is 0 Å². The highest BCUT2D eigenvalue weighted by Crippen LogP contribution is 2.11. The Labute approximate surface area is 106 Å². The first kappa shape index (κ1) is 14.1. The molecule has 6 nitrogen and oxygen atoms in total. The second kappa shape index (κ2) is 6.09. The van der Waals surface area contributed by atoms with Gasteiger partial charge in [0.25, 0.3) is 5.91 Å². The summed E-state index contributed by atoms with van der Waals surface area (Å²) in [6.07, 6.45) is 2.76. The number of primary amides is 1. The topological polar surface area (TPSA) is 103 Å². The highest BCUT2D eigenvalue weighted by atomic mass is 16.2. The van der Waals surface area contributed by atoms with Crippen molar-refractivity contribution < 1.29 is 9.59 Å². The number of nitrogens with two attached hydrogens (primary N) is 2. The van der Waals surface area contributed by atoms with Crippen LogP contribution < -0.4 is 16.8 Å². The summed E-state index contributed by atoms with van der Waals surface area (Å²) in [5, 5.41) is 2.72. The zero-order chi connectivity index (χ0) is 13.7. The van der Waals surface area contributed by atoms with Crippen LogP contribution in [0, 0.1) is 0 Å². The Hall–Kier alpha value is -1.98. The van der Waals surface area contributed by atoms with Crippen LogP contribution >= 0.6 is 0 Å². The van der Waals surface area contributed by atoms with E-state index in [4.69, 9.17) is 11.5 Å². The smallest absolute Gasteiger partial charge is 0.268 e. The van der Waals surface area contributed by atoms with Crippen LogP contribution in [0.15, 0.2) is 12.3 Å². The second-order valence-electron chi connectivity index (χ2n) is 4.40. The monoisotopic (exact) mass is 252 g/mol. The van der Waals surface area contributed by atoms with Gasteiger partial charge in [-0.25, -0.2) is 0 Å². The molecular weight excluding hydrogens is 232 g/mol. The van der Waals surface area contributed by atoms with Crippen LogP contribution in [0.1, 0.15) is 37.2 Å². The van der Waals surface area contributed by atoms with Gasteiger partial charge in [-0.1, -0.05) is 6.92 Å². The third-order valence-electron chi connectivity index (χ3n) is 2.50. The molecule has 0 fully saturated rings. The van der Waals surface area contributed by atoms with E-state index in [1.807, 2.05) is 11.5 Å². The third-order valence-corrected chi connectivity index (χ3v) is 2.50. The van der Waals surface area contributed by atoms with E-state index in [0.717, 1.165) is 13.0 Å². The Morgan fingerprint density at radius 3 is 2.72 bits per heavy atom. The van der Waals surface area contributed by atoms with Crippen molar-refractivity contribution in [2.75, 3.05) is 5.73 Å².